The molecule has 124 valence electrons. The average Bonchev–Trinajstić information content (AvgIpc) is 2.93. The van der Waals surface area contributed by atoms with E-state index in [4.69, 9.17) is 5.10 Å². The van der Waals surface area contributed by atoms with Gasteiger partial charge in [0.1, 0.15) is 5.82 Å². The number of anilines is 1. The van der Waals surface area contributed by atoms with Crippen molar-refractivity contribution in [3.63, 3.8) is 0 Å². The van der Waals surface area contributed by atoms with Crippen molar-refractivity contribution in [2.75, 3.05) is 25.0 Å². The van der Waals surface area contributed by atoms with E-state index in [0.29, 0.717) is 6.04 Å². The third-order valence-electron chi connectivity index (χ3n) is 4.26. The molecule has 0 atom stereocenters. The van der Waals surface area contributed by atoms with E-state index in [0.717, 1.165) is 49.8 Å². The summed E-state index contributed by atoms with van der Waals surface area (Å²) in [5.74, 6) is 1.78. The first-order valence-electron chi connectivity index (χ1n) is 8.30. The lowest BCUT2D eigenvalue weighted by molar-refractivity contribution is 0.240. The SMILES string of the molecule is C=CCN1CCC(Nc2ccc3nnc(C(C)(C)C)n3n2)CC1. The van der Waals surface area contributed by atoms with Gasteiger partial charge in [0.05, 0.1) is 0 Å². The molecule has 1 aliphatic rings. The lowest BCUT2D eigenvalue weighted by Crippen LogP contribution is -2.39. The predicted molar refractivity (Wildman–Crippen MR) is 92.8 cm³/mol. The molecule has 3 rings (SSSR count). The molecule has 0 aliphatic carbocycles. The first-order chi connectivity index (χ1) is 11.0. The van der Waals surface area contributed by atoms with Crippen molar-refractivity contribution >= 4 is 11.5 Å². The molecule has 6 nitrogen and oxygen atoms in total. The van der Waals surface area contributed by atoms with E-state index in [1.54, 1.807) is 0 Å². The van der Waals surface area contributed by atoms with Gasteiger partial charge in [0, 0.05) is 31.1 Å². The van der Waals surface area contributed by atoms with Crippen molar-refractivity contribution in [3.05, 3.63) is 30.6 Å². The highest BCUT2D eigenvalue weighted by Gasteiger charge is 2.23. The number of rotatable bonds is 4. The van der Waals surface area contributed by atoms with Crippen molar-refractivity contribution in [1.29, 1.82) is 0 Å². The minimum absolute atomic E-state index is 0.0823. The van der Waals surface area contributed by atoms with E-state index >= 15 is 0 Å². The summed E-state index contributed by atoms with van der Waals surface area (Å²) in [5, 5.41) is 16.8. The summed E-state index contributed by atoms with van der Waals surface area (Å²) in [6.07, 6.45) is 4.23. The van der Waals surface area contributed by atoms with Gasteiger partial charge in [-0.05, 0) is 25.0 Å². The zero-order valence-electron chi connectivity index (χ0n) is 14.3. The Bertz CT molecular complexity index is 676. The highest BCUT2D eigenvalue weighted by molar-refractivity contribution is 5.45. The largest absolute Gasteiger partial charge is 0.366 e. The molecular formula is C17H26N6. The van der Waals surface area contributed by atoms with E-state index in [2.05, 4.69) is 47.8 Å². The minimum Gasteiger partial charge on any atom is -0.366 e. The van der Waals surface area contributed by atoms with Crippen LogP contribution in [-0.2, 0) is 5.41 Å². The minimum atomic E-state index is -0.0823. The van der Waals surface area contributed by atoms with Crippen molar-refractivity contribution in [1.82, 2.24) is 24.7 Å². The van der Waals surface area contributed by atoms with Crippen LogP contribution < -0.4 is 5.32 Å². The van der Waals surface area contributed by atoms with Gasteiger partial charge in [0.2, 0.25) is 0 Å². The second-order valence-corrected chi connectivity index (χ2v) is 7.27. The number of piperidine rings is 1. The Morgan fingerprint density at radius 2 is 2.00 bits per heavy atom. The summed E-state index contributed by atoms with van der Waals surface area (Å²) in [5.41, 5.74) is 0.711. The normalized spacial score (nSPS) is 17.5. The second kappa shape index (κ2) is 6.28. The first kappa shape index (κ1) is 15.9. The molecule has 1 saturated heterocycles. The number of nitrogens with zero attached hydrogens (tertiary/aromatic N) is 5. The molecule has 3 heterocycles. The van der Waals surface area contributed by atoms with Gasteiger partial charge in [0.15, 0.2) is 11.5 Å². The van der Waals surface area contributed by atoms with Crippen LogP contribution in [0.4, 0.5) is 5.82 Å². The number of hydrogen-bond donors (Lipinski definition) is 1. The van der Waals surface area contributed by atoms with Crippen molar-refractivity contribution in [3.8, 4) is 0 Å². The molecule has 0 spiro atoms. The van der Waals surface area contributed by atoms with Crippen molar-refractivity contribution < 1.29 is 0 Å². The maximum Gasteiger partial charge on any atom is 0.178 e. The predicted octanol–water partition coefficient (Wildman–Crippen LogP) is 2.48. The Morgan fingerprint density at radius 1 is 1.26 bits per heavy atom. The highest BCUT2D eigenvalue weighted by Crippen LogP contribution is 2.21. The summed E-state index contributed by atoms with van der Waals surface area (Å²) in [4.78, 5) is 2.43. The van der Waals surface area contributed by atoms with Crippen LogP contribution in [0.3, 0.4) is 0 Å². The molecule has 0 saturated carbocycles. The van der Waals surface area contributed by atoms with Gasteiger partial charge in [-0.25, -0.2) is 0 Å². The maximum atomic E-state index is 4.70. The second-order valence-electron chi connectivity index (χ2n) is 7.27. The van der Waals surface area contributed by atoms with Gasteiger partial charge < -0.3 is 5.32 Å². The quantitative estimate of drug-likeness (QED) is 0.879. The zero-order chi connectivity index (χ0) is 16.4. The summed E-state index contributed by atoms with van der Waals surface area (Å²) in [6.45, 7) is 13.4. The van der Waals surface area contributed by atoms with Crippen LogP contribution in [-0.4, -0.2) is 50.4 Å². The molecule has 0 aromatic carbocycles. The van der Waals surface area contributed by atoms with E-state index in [1.165, 1.54) is 0 Å². The average molecular weight is 314 g/mol. The van der Waals surface area contributed by atoms with E-state index in [-0.39, 0.29) is 5.41 Å². The Hall–Kier alpha value is -1.95. The molecule has 2 aromatic heterocycles. The van der Waals surface area contributed by atoms with E-state index in [9.17, 15) is 0 Å². The van der Waals surface area contributed by atoms with E-state index in [1.807, 2.05) is 22.7 Å². The maximum absolute atomic E-state index is 4.70. The Labute approximate surface area is 137 Å². The van der Waals surface area contributed by atoms with Gasteiger partial charge in [0.25, 0.3) is 0 Å². The highest BCUT2D eigenvalue weighted by atomic mass is 15.4. The van der Waals surface area contributed by atoms with Crippen molar-refractivity contribution in [2.45, 2.75) is 45.1 Å². The zero-order valence-corrected chi connectivity index (χ0v) is 14.3. The summed E-state index contributed by atoms with van der Waals surface area (Å²) in [7, 11) is 0. The molecule has 23 heavy (non-hydrogen) atoms. The third-order valence-corrected chi connectivity index (χ3v) is 4.26. The van der Waals surface area contributed by atoms with Crippen LogP contribution in [0.25, 0.3) is 5.65 Å². The summed E-state index contributed by atoms with van der Waals surface area (Å²) >= 11 is 0. The van der Waals surface area contributed by atoms with Gasteiger partial charge in [-0.15, -0.1) is 21.9 Å². The van der Waals surface area contributed by atoms with Crippen LogP contribution in [0.1, 0.15) is 39.4 Å². The van der Waals surface area contributed by atoms with Crippen LogP contribution >= 0.6 is 0 Å². The standard InChI is InChI=1S/C17H26N6/c1-5-10-22-11-8-13(9-12-22)18-14-6-7-15-19-20-16(17(2,3)4)23(15)21-14/h5-7,13H,1,8-12H2,2-4H3,(H,18,21). The molecule has 0 radical (unpaired) electrons. The topological polar surface area (TPSA) is 58.3 Å². The van der Waals surface area contributed by atoms with Crippen LogP contribution in [0, 0.1) is 0 Å². The molecular weight excluding hydrogens is 288 g/mol. The van der Waals surface area contributed by atoms with Crippen molar-refractivity contribution in [2.24, 2.45) is 0 Å². The number of nitrogens with one attached hydrogen (secondary N) is 1. The summed E-state index contributed by atoms with van der Waals surface area (Å²) in [6, 6.07) is 4.44. The first-order valence-corrected chi connectivity index (χ1v) is 8.30. The smallest absolute Gasteiger partial charge is 0.178 e. The lowest BCUT2D eigenvalue weighted by Gasteiger charge is -2.31. The number of fused-ring (bicyclic) bond motifs is 1. The Morgan fingerprint density at radius 3 is 2.65 bits per heavy atom. The fourth-order valence-electron chi connectivity index (χ4n) is 2.99. The molecule has 1 N–H and O–H groups in total. The number of hydrogen-bond acceptors (Lipinski definition) is 5. The fraction of sp³-hybridized carbons (Fsp3) is 0.588. The fourth-order valence-corrected chi connectivity index (χ4v) is 2.99. The summed E-state index contributed by atoms with van der Waals surface area (Å²) < 4.78 is 1.86. The molecule has 2 aromatic rings. The molecule has 0 amide bonds. The van der Waals surface area contributed by atoms with Gasteiger partial charge in [-0.1, -0.05) is 26.8 Å². The van der Waals surface area contributed by atoms with Gasteiger partial charge in [-0.2, -0.15) is 4.52 Å². The molecule has 1 aliphatic heterocycles. The molecule has 0 bridgehead atoms. The molecule has 1 fully saturated rings. The van der Waals surface area contributed by atoms with Gasteiger partial charge >= 0.3 is 0 Å². The monoisotopic (exact) mass is 314 g/mol. The van der Waals surface area contributed by atoms with Crippen LogP contribution in [0.2, 0.25) is 0 Å². The molecule has 6 heteroatoms. The number of aromatic nitrogens is 4. The van der Waals surface area contributed by atoms with Crippen LogP contribution in [0.15, 0.2) is 24.8 Å². The Kier molecular flexibility index (Phi) is 4.35. The van der Waals surface area contributed by atoms with E-state index < -0.39 is 0 Å². The molecule has 0 unspecified atom stereocenters. The van der Waals surface area contributed by atoms with Crippen LogP contribution in [0.5, 0.6) is 0 Å². The van der Waals surface area contributed by atoms with Gasteiger partial charge in [-0.3, -0.25) is 4.90 Å². The Balaban J connectivity index is 1.73. The number of likely N-dealkylation sites (tertiary alicyclic amines) is 1. The third kappa shape index (κ3) is 3.52. The lowest BCUT2D eigenvalue weighted by atomic mass is 9.96.